The van der Waals surface area contributed by atoms with Crippen LogP contribution in [0.25, 0.3) is 0 Å². The van der Waals surface area contributed by atoms with Crippen LogP contribution in [-0.2, 0) is 4.74 Å². The highest BCUT2D eigenvalue weighted by molar-refractivity contribution is 6.34. The van der Waals surface area contributed by atoms with Crippen LogP contribution in [0.4, 0.5) is 11.4 Å². The Morgan fingerprint density at radius 2 is 2.14 bits per heavy atom. The van der Waals surface area contributed by atoms with Crippen molar-refractivity contribution in [3.63, 3.8) is 0 Å². The van der Waals surface area contributed by atoms with Gasteiger partial charge in [-0.05, 0) is 19.1 Å². The zero-order valence-electron chi connectivity index (χ0n) is 7.71. The fourth-order valence-electron chi connectivity index (χ4n) is 1.02. The predicted molar refractivity (Wildman–Crippen MR) is 56.2 cm³/mol. The molecule has 76 valence electrons. The summed E-state index contributed by atoms with van der Waals surface area (Å²) in [5.74, 6) is -0.515. The Morgan fingerprint density at radius 3 is 2.71 bits per heavy atom. The molecule has 5 heteroatoms. The zero-order chi connectivity index (χ0) is 10.7. The maximum atomic E-state index is 11.4. The normalized spacial score (nSPS) is 9.86. The Morgan fingerprint density at radius 1 is 1.50 bits per heavy atom. The Kier molecular flexibility index (Phi) is 3.19. The van der Waals surface area contributed by atoms with Gasteiger partial charge in [-0.25, -0.2) is 4.79 Å². The van der Waals surface area contributed by atoms with E-state index < -0.39 is 5.97 Å². The van der Waals surface area contributed by atoms with E-state index in [-0.39, 0.29) is 22.9 Å². The molecule has 4 N–H and O–H groups in total. The molecule has 0 saturated heterocycles. The number of ether oxygens (including phenoxy) is 1. The van der Waals surface area contributed by atoms with E-state index in [1.165, 1.54) is 12.1 Å². The van der Waals surface area contributed by atoms with Gasteiger partial charge in [0.15, 0.2) is 0 Å². The highest BCUT2D eigenvalue weighted by atomic mass is 35.5. The van der Waals surface area contributed by atoms with Crippen molar-refractivity contribution in [2.75, 3.05) is 18.1 Å². The molecule has 0 bridgehead atoms. The average molecular weight is 215 g/mol. The van der Waals surface area contributed by atoms with E-state index in [4.69, 9.17) is 27.8 Å². The summed E-state index contributed by atoms with van der Waals surface area (Å²) < 4.78 is 4.79. The number of halogens is 1. The van der Waals surface area contributed by atoms with Gasteiger partial charge in [-0.3, -0.25) is 0 Å². The molecule has 4 nitrogen and oxygen atoms in total. The number of nitrogen functional groups attached to an aromatic ring is 2. The first-order chi connectivity index (χ1) is 6.56. The molecule has 0 unspecified atom stereocenters. The van der Waals surface area contributed by atoms with Crippen LogP contribution in [-0.4, -0.2) is 12.6 Å². The monoisotopic (exact) mass is 214 g/mol. The molecule has 0 aliphatic carbocycles. The Labute approximate surface area is 86.8 Å². The molecular formula is C9H11ClN2O2. The summed E-state index contributed by atoms with van der Waals surface area (Å²) in [5.41, 5.74) is 11.9. The number of carbonyl (C=O) groups excluding carboxylic acids is 1. The summed E-state index contributed by atoms with van der Waals surface area (Å²) in [6.07, 6.45) is 0. The van der Waals surface area contributed by atoms with Crippen molar-refractivity contribution < 1.29 is 9.53 Å². The summed E-state index contributed by atoms with van der Waals surface area (Å²) in [6.45, 7) is 1.99. The lowest BCUT2D eigenvalue weighted by atomic mass is 10.1. The topological polar surface area (TPSA) is 78.3 Å². The molecule has 1 aromatic rings. The molecular weight excluding hydrogens is 204 g/mol. The molecule has 1 aromatic carbocycles. The minimum atomic E-state index is -0.515. The second-order valence-electron chi connectivity index (χ2n) is 2.68. The largest absolute Gasteiger partial charge is 0.462 e. The number of hydrogen-bond donors (Lipinski definition) is 2. The number of rotatable bonds is 2. The first-order valence-electron chi connectivity index (χ1n) is 4.08. The standard InChI is InChI=1S/C9H11ClN2O2/c1-2-14-9(13)6-3-5(11)4-7(10)8(6)12/h3-4H,2,11-12H2,1H3. The molecule has 0 fully saturated rings. The second kappa shape index (κ2) is 4.19. The Bertz CT molecular complexity index is 366. The number of nitrogens with two attached hydrogens (primary N) is 2. The van der Waals surface area contributed by atoms with E-state index in [2.05, 4.69) is 0 Å². The van der Waals surface area contributed by atoms with Crippen LogP contribution in [0.15, 0.2) is 12.1 Å². The van der Waals surface area contributed by atoms with Gasteiger partial charge >= 0.3 is 5.97 Å². The molecule has 0 heterocycles. The highest BCUT2D eigenvalue weighted by Gasteiger charge is 2.13. The Balaban J connectivity index is 3.13. The molecule has 14 heavy (non-hydrogen) atoms. The van der Waals surface area contributed by atoms with Crippen LogP contribution >= 0.6 is 11.6 Å². The molecule has 0 amide bonds. The van der Waals surface area contributed by atoms with Gasteiger partial charge in [-0.1, -0.05) is 11.6 Å². The fraction of sp³-hybridized carbons (Fsp3) is 0.222. The van der Waals surface area contributed by atoms with Crippen LogP contribution < -0.4 is 11.5 Å². The van der Waals surface area contributed by atoms with Gasteiger partial charge in [0.25, 0.3) is 0 Å². The van der Waals surface area contributed by atoms with Crippen LogP contribution in [0.2, 0.25) is 5.02 Å². The maximum absolute atomic E-state index is 11.4. The second-order valence-corrected chi connectivity index (χ2v) is 3.09. The highest BCUT2D eigenvalue weighted by Crippen LogP contribution is 2.26. The summed E-state index contributed by atoms with van der Waals surface area (Å²) >= 11 is 5.75. The third-order valence-electron chi connectivity index (χ3n) is 1.65. The molecule has 0 atom stereocenters. The number of anilines is 2. The molecule has 0 aliphatic heterocycles. The molecule has 0 spiro atoms. The van der Waals surface area contributed by atoms with E-state index in [0.29, 0.717) is 5.69 Å². The van der Waals surface area contributed by atoms with Gasteiger partial charge in [0.1, 0.15) is 0 Å². The molecule has 0 aromatic heterocycles. The third kappa shape index (κ3) is 2.09. The van der Waals surface area contributed by atoms with Gasteiger partial charge < -0.3 is 16.2 Å². The van der Waals surface area contributed by atoms with Gasteiger partial charge in [0, 0.05) is 5.69 Å². The maximum Gasteiger partial charge on any atom is 0.340 e. The van der Waals surface area contributed by atoms with Gasteiger partial charge in [0.05, 0.1) is 22.9 Å². The SMILES string of the molecule is CCOC(=O)c1cc(N)cc(Cl)c1N. The predicted octanol–water partition coefficient (Wildman–Crippen LogP) is 1.68. The minimum Gasteiger partial charge on any atom is -0.462 e. The third-order valence-corrected chi connectivity index (χ3v) is 1.96. The average Bonchev–Trinajstić information content (AvgIpc) is 2.11. The smallest absolute Gasteiger partial charge is 0.340 e. The lowest BCUT2D eigenvalue weighted by Gasteiger charge is -2.07. The first kappa shape index (κ1) is 10.7. The van der Waals surface area contributed by atoms with Crippen molar-refractivity contribution in [2.45, 2.75) is 6.92 Å². The van der Waals surface area contributed by atoms with E-state index >= 15 is 0 Å². The van der Waals surface area contributed by atoms with Crippen LogP contribution in [0.3, 0.4) is 0 Å². The number of esters is 1. The van der Waals surface area contributed by atoms with Crippen molar-refractivity contribution >= 4 is 28.9 Å². The van der Waals surface area contributed by atoms with Crippen molar-refractivity contribution in [2.24, 2.45) is 0 Å². The van der Waals surface area contributed by atoms with Crippen molar-refractivity contribution in [3.05, 3.63) is 22.7 Å². The molecule has 0 aliphatic rings. The summed E-state index contributed by atoms with van der Waals surface area (Å²) in [5, 5.41) is 0.257. The van der Waals surface area contributed by atoms with Crippen LogP contribution in [0, 0.1) is 0 Å². The molecule has 0 radical (unpaired) electrons. The van der Waals surface area contributed by atoms with E-state index in [1.807, 2.05) is 0 Å². The van der Waals surface area contributed by atoms with Crippen molar-refractivity contribution in [3.8, 4) is 0 Å². The van der Waals surface area contributed by atoms with Gasteiger partial charge in [0.2, 0.25) is 0 Å². The van der Waals surface area contributed by atoms with Crippen LogP contribution in [0.1, 0.15) is 17.3 Å². The molecule has 0 saturated carbocycles. The first-order valence-corrected chi connectivity index (χ1v) is 4.45. The van der Waals surface area contributed by atoms with Gasteiger partial charge in [-0.2, -0.15) is 0 Å². The fourth-order valence-corrected chi connectivity index (χ4v) is 1.24. The van der Waals surface area contributed by atoms with Crippen molar-refractivity contribution in [1.82, 2.24) is 0 Å². The van der Waals surface area contributed by atoms with E-state index in [1.54, 1.807) is 6.92 Å². The summed E-state index contributed by atoms with van der Waals surface area (Å²) in [4.78, 5) is 11.4. The lowest BCUT2D eigenvalue weighted by molar-refractivity contribution is 0.0527. The van der Waals surface area contributed by atoms with Crippen LogP contribution in [0.5, 0.6) is 0 Å². The lowest BCUT2D eigenvalue weighted by Crippen LogP contribution is -2.09. The Hall–Kier alpha value is -1.42. The molecule has 1 rings (SSSR count). The van der Waals surface area contributed by atoms with Gasteiger partial charge in [-0.15, -0.1) is 0 Å². The zero-order valence-corrected chi connectivity index (χ0v) is 8.47. The number of carbonyl (C=O) groups is 1. The van der Waals surface area contributed by atoms with Crippen molar-refractivity contribution in [1.29, 1.82) is 0 Å². The number of benzene rings is 1. The van der Waals surface area contributed by atoms with E-state index in [9.17, 15) is 4.79 Å². The summed E-state index contributed by atoms with van der Waals surface area (Å²) in [7, 11) is 0. The minimum absolute atomic E-state index is 0.194. The number of hydrogen-bond acceptors (Lipinski definition) is 4. The quantitative estimate of drug-likeness (QED) is 0.580. The van der Waals surface area contributed by atoms with E-state index in [0.717, 1.165) is 0 Å². The summed E-state index contributed by atoms with van der Waals surface area (Å²) in [6, 6.07) is 2.93.